The topological polar surface area (TPSA) is 55.4 Å². The molecule has 106 valence electrons. The summed E-state index contributed by atoms with van der Waals surface area (Å²) in [5.41, 5.74) is 1.95. The minimum Gasteiger partial charge on any atom is -0.377 e. The molecule has 4 nitrogen and oxygen atoms in total. The van der Waals surface area contributed by atoms with Gasteiger partial charge < -0.3 is 4.74 Å². The normalized spacial score (nSPS) is 11.4. The van der Waals surface area contributed by atoms with Crippen molar-refractivity contribution in [3.05, 3.63) is 48.0 Å². The lowest BCUT2D eigenvalue weighted by molar-refractivity contribution is 0.133. The van der Waals surface area contributed by atoms with E-state index in [2.05, 4.69) is 11.3 Å². The van der Waals surface area contributed by atoms with Gasteiger partial charge in [0, 0.05) is 13.2 Å². The third-order valence-corrected chi connectivity index (χ3v) is 4.01. The van der Waals surface area contributed by atoms with Crippen molar-refractivity contribution in [3.63, 3.8) is 0 Å². The summed E-state index contributed by atoms with van der Waals surface area (Å²) in [6.07, 6.45) is 2.05. The van der Waals surface area contributed by atoms with Gasteiger partial charge in [-0.05, 0) is 24.5 Å². The van der Waals surface area contributed by atoms with Crippen LogP contribution in [-0.2, 0) is 27.9 Å². The number of nitrogens with one attached hydrogen (secondary N) is 1. The third-order valence-electron chi connectivity index (χ3n) is 2.65. The monoisotopic (exact) mass is 283 g/mol. The molecule has 0 atom stereocenters. The van der Waals surface area contributed by atoms with Crippen LogP contribution in [0.25, 0.3) is 0 Å². The molecule has 1 aromatic carbocycles. The van der Waals surface area contributed by atoms with Crippen molar-refractivity contribution in [3.8, 4) is 0 Å². The van der Waals surface area contributed by atoms with Crippen molar-refractivity contribution in [2.24, 2.45) is 0 Å². The fraction of sp³-hybridized carbons (Fsp3) is 0.429. The first kappa shape index (κ1) is 15.9. The summed E-state index contributed by atoms with van der Waals surface area (Å²) < 4.78 is 31.4. The molecule has 0 aliphatic rings. The van der Waals surface area contributed by atoms with Crippen LogP contribution in [0.15, 0.2) is 36.9 Å². The SMILES string of the molecule is C=CCCS(=O)(=O)NCc1ccccc1COCC. The first-order valence-electron chi connectivity index (χ1n) is 6.32. The van der Waals surface area contributed by atoms with Crippen LogP contribution >= 0.6 is 0 Å². The Hall–Kier alpha value is -1.17. The number of benzene rings is 1. The van der Waals surface area contributed by atoms with Crippen molar-refractivity contribution in [1.29, 1.82) is 0 Å². The maximum Gasteiger partial charge on any atom is 0.212 e. The van der Waals surface area contributed by atoms with Gasteiger partial charge in [-0.2, -0.15) is 0 Å². The molecule has 0 aliphatic heterocycles. The largest absolute Gasteiger partial charge is 0.377 e. The Kier molecular flexibility index (Phi) is 6.77. The Labute approximate surface area is 115 Å². The van der Waals surface area contributed by atoms with Crippen LogP contribution in [0.1, 0.15) is 24.5 Å². The van der Waals surface area contributed by atoms with E-state index in [4.69, 9.17) is 4.74 Å². The summed E-state index contributed by atoms with van der Waals surface area (Å²) >= 11 is 0. The van der Waals surface area contributed by atoms with E-state index in [1.54, 1.807) is 6.08 Å². The van der Waals surface area contributed by atoms with Gasteiger partial charge in [0.05, 0.1) is 12.4 Å². The zero-order valence-corrected chi connectivity index (χ0v) is 12.1. The molecule has 0 bridgehead atoms. The highest BCUT2D eigenvalue weighted by molar-refractivity contribution is 7.89. The molecule has 1 aromatic rings. The van der Waals surface area contributed by atoms with Gasteiger partial charge >= 0.3 is 0 Å². The lowest BCUT2D eigenvalue weighted by Gasteiger charge is -2.10. The summed E-state index contributed by atoms with van der Waals surface area (Å²) in [6.45, 7) is 6.89. The average Bonchev–Trinajstić information content (AvgIpc) is 2.41. The van der Waals surface area contributed by atoms with Crippen molar-refractivity contribution >= 4 is 10.0 Å². The van der Waals surface area contributed by atoms with Crippen molar-refractivity contribution in [1.82, 2.24) is 4.72 Å². The maximum atomic E-state index is 11.7. The zero-order chi connectivity index (χ0) is 14.1. The predicted molar refractivity (Wildman–Crippen MR) is 77.2 cm³/mol. The molecule has 0 aliphatic carbocycles. The van der Waals surface area contributed by atoms with Gasteiger partial charge in [0.15, 0.2) is 0 Å². The van der Waals surface area contributed by atoms with Gasteiger partial charge in [0.25, 0.3) is 0 Å². The van der Waals surface area contributed by atoms with Crippen LogP contribution in [0.2, 0.25) is 0 Å². The van der Waals surface area contributed by atoms with Gasteiger partial charge in [-0.3, -0.25) is 0 Å². The van der Waals surface area contributed by atoms with Crippen molar-refractivity contribution in [2.75, 3.05) is 12.4 Å². The minimum absolute atomic E-state index is 0.0735. The predicted octanol–water partition coefficient (Wildman–Crippen LogP) is 2.22. The Bertz CT molecular complexity index is 497. The highest BCUT2D eigenvalue weighted by atomic mass is 32.2. The molecule has 0 fully saturated rings. The standard InChI is InChI=1S/C14H21NO3S/c1-3-5-10-19(16,17)15-11-13-8-6-7-9-14(13)12-18-4-2/h3,6-9,15H,1,4-5,10-12H2,2H3. The second kappa shape index (κ2) is 8.09. The number of rotatable bonds is 9. The van der Waals surface area contributed by atoms with Crippen molar-refractivity contribution in [2.45, 2.75) is 26.5 Å². The highest BCUT2D eigenvalue weighted by Gasteiger charge is 2.10. The van der Waals surface area contributed by atoms with E-state index in [-0.39, 0.29) is 5.75 Å². The van der Waals surface area contributed by atoms with Gasteiger partial charge in [-0.25, -0.2) is 13.1 Å². The van der Waals surface area contributed by atoms with E-state index in [9.17, 15) is 8.42 Å². The fourth-order valence-corrected chi connectivity index (χ4v) is 2.58. The molecule has 0 radical (unpaired) electrons. The summed E-state index contributed by atoms with van der Waals surface area (Å²) in [6, 6.07) is 7.67. The summed E-state index contributed by atoms with van der Waals surface area (Å²) in [7, 11) is -3.24. The minimum atomic E-state index is -3.24. The van der Waals surface area contributed by atoms with Gasteiger partial charge in [-0.15, -0.1) is 6.58 Å². The Morgan fingerprint density at radius 1 is 1.32 bits per heavy atom. The molecule has 1 N–H and O–H groups in total. The average molecular weight is 283 g/mol. The smallest absolute Gasteiger partial charge is 0.212 e. The third kappa shape index (κ3) is 6.00. The molecule has 0 unspecified atom stereocenters. The molecule has 0 saturated heterocycles. The number of hydrogen-bond acceptors (Lipinski definition) is 3. The molecular formula is C14H21NO3S. The summed E-state index contributed by atoms with van der Waals surface area (Å²) in [5, 5.41) is 0. The Morgan fingerprint density at radius 2 is 2.00 bits per heavy atom. The van der Waals surface area contributed by atoms with Crippen LogP contribution in [0.5, 0.6) is 0 Å². The van der Waals surface area contributed by atoms with E-state index in [1.807, 2.05) is 31.2 Å². The highest BCUT2D eigenvalue weighted by Crippen LogP contribution is 2.10. The van der Waals surface area contributed by atoms with E-state index in [1.165, 1.54) is 0 Å². The lowest BCUT2D eigenvalue weighted by atomic mass is 10.1. The second-order valence-electron chi connectivity index (χ2n) is 4.12. The summed E-state index contributed by atoms with van der Waals surface area (Å²) in [4.78, 5) is 0. The van der Waals surface area contributed by atoms with Crippen LogP contribution in [0.4, 0.5) is 0 Å². The molecule has 0 aromatic heterocycles. The number of allylic oxidation sites excluding steroid dienone is 1. The molecule has 0 heterocycles. The second-order valence-corrected chi connectivity index (χ2v) is 6.05. The fourth-order valence-electron chi connectivity index (χ4n) is 1.58. The molecule has 0 amide bonds. The van der Waals surface area contributed by atoms with Gasteiger partial charge in [0.1, 0.15) is 0 Å². The van der Waals surface area contributed by atoms with Crippen LogP contribution in [0, 0.1) is 0 Å². The van der Waals surface area contributed by atoms with Crippen LogP contribution in [-0.4, -0.2) is 20.8 Å². The molecule has 0 saturated carbocycles. The number of hydrogen-bond donors (Lipinski definition) is 1. The van der Waals surface area contributed by atoms with E-state index < -0.39 is 10.0 Å². The van der Waals surface area contributed by atoms with E-state index in [0.717, 1.165) is 11.1 Å². The quantitative estimate of drug-likeness (QED) is 0.707. The molecule has 1 rings (SSSR count). The molecule has 19 heavy (non-hydrogen) atoms. The van der Waals surface area contributed by atoms with Crippen LogP contribution < -0.4 is 4.72 Å². The first-order valence-corrected chi connectivity index (χ1v) is 7.97. The molecular weight excluding hydrogens is 262 g/mol. The summed E-state index contributed by atoms with van der Waals surface area (Å²) in [5.74, 6) is 0.0735. The lowest BCUT2D eigenvalue weighted by Crippen LogP contribution is -2.26. The first-order chi connectivity index (χ1) is 9.09. The van der Waals surface area contributed by atoms with Crippen molar-refractivity contribution < 1.29 is 13.2 Å². The van der Waals surface area contributed by atoms with Gasteiger partial charge in [-0.1, -0.05) is 30.3 Å². The number of ether oxygens (including phenoxy) is 1. The number of sulfonamides is 1. The van der Waals surface area contributed by atoms with E-state index >= 15 is 0 Å². The van der Waals surface area contributed by atoms with Gasteiger partial charge in [0.2, 0.25) is 10.0 Å². The zero-order valence-electron chi connectivity index (χ0n) is 11.3. The van der Waals surface area contributed by atoms with E-state index in [0.29, 0.717) is 26.2 Å². The molecule has 0 spiro atoms. The molecule has 5 heteroatoms. The maximum absolute atomic E-state index is 11.7. The van der Waals surface area contributed by atoms with Crippen LogP contribution in [0.3, 0.4) is 0 Å². The Morgan fingerprint density at radius 3 is 2.63 bits per heavy atom. The Balaban J connectivity index is 2.64.